The van der Waals surface area contributed by atoms with Crippen LogP contribution in [-0.4, -0.2) is 34.8 Å². The molecule has 0 saturated heterocycles. The third-order valence-corrected chi connectivity index (χ3v) is 3.96. The highest BCUT2D eigenvalue weighted by Gasteiger charge is 2.07. The Morgan fingerprint density at radius 3 is 2.77 bits per heavy atom. The highest BCUT2D eigenvalue weighted by atomic mass is 16.5. The monoisotopic (exact) mass is 353 g/mol. The molecule has 0 radical (unpaired) electrons. The van der Waals surface area contributed by atoms with Gasteiger partial charge in [0.2, 0.25) is 0 Å². The molecule has 3 rings (SSSR count). The molecule has 0 unspecified atom stereocenters. The molecule has 26 heavy (non-hydrogen) atoms. The molecule has 6 nitrogen and oxygen atoms in total. The summed E-state index contributed by atoms with van der Waals surface area (Å²) in [4.78, 5) is 8.41. The van der Waals surface area contributed by atoms with E-state index < -0.39 is 6.10 Å². The molecule has 0 amide bonds. The second-order valence-corrected chi connectivity index (χ2v) is 5.86. The van der Waals surface area contributed by atoms with Crippen LogP contribution in [-0.2, 0) is 6.42 Å². The first-order valence-electron chi connectivity index (χ1n) is 8.72. The second-order valence-electron chi connectivity index (χ2n) is 5.86. The maximum atomic E-state index is 10.0. The Morgan fingerprint density at radius 1 is 1.23 bits per heavy atom. The van der Waals surface area contributed by atoms with Crippen LogP contribution in [0.3, 0.4) is 0 Å². The summed E-state index contributed by atoms with van der Waals surface area (Å²) in [6.07, 6.45) is 5.24. The number of rotatable bonds is 9. The summed E-state index contributed by atoms with van der Waals surface area (Å²) in [5.74, 6) is 1.53. The van der Waals surface area contributed by atoms with Gasteiger partial charge in [-0.3, -0.25) is 4.98 Å². The number of oxazole rings is 1. The topological polar surface area (TPSA) is 80.4 Å². The number of aromatic nitrogens is 2. The van der Waals surface area contributed by atoms with Crippen molar-refractivity contribution >= 4 is 0 Å². The second kappa shape index (κ2) is 9.12. The van der Waals surface area contributed by atoms with E-state index in [1.54, 1.807) is 18.7 Å². The largest absolute Gasteiger partial charge is 0.492 e. The van der Waals surface area contributed by atoms with Gasteiger partial charge in [0.05, 0.1) is 6.10 Å². The first kappa shape index (κ1) is 18.1. The van der Waals surface area contributed by atoms with Crippen molar-refractivity contribution in [2.45, 2.75) is 19.4 Å². The Bertz CT molecular complexity index is 788. The number of benzene rings is 1. The lowest BCUT2D eigenvalue weighted by Gasteiger charge is -2.12. The molecule has 0 bridgehead atoms. The van der Waals surface area contributed by atoms with Crippen LogP contribution < -0.4 is 10.1 Å². The standard InChI is InChI=1S/C20H23N3O3/c1-2-20-23-18(14-26-20)15-5-7-17(8-6-15)25-11-10-22-13-19(24)16-4-3-9-21-12-16/h3-9,12,14,19,22,24H,2,10-11,13H2,1H3/t19-/m0/s1. The summed E-state index contributed by atoms with van der Waals surface area (Å²) >= 11 is 0. The summed E-state index contributed by atoms with van der Waals surface area (Å²) < 4.78 is 11.1. The van der Waals surface area contributed by atoms with Crippen LogP contribution in [0.4, 0.5) is 0 Å². The number of ether oxygens (including phenoxy) is 1. The number of pyridine rings is 1. The van der Waals surface area contributed by atoms with E-state index in [0.717, 1.165) is 34.9 Å². The van der Waals surface area contributed by atoms with E-state index in [1.807, 2.05) is 43.3 Å². The summed E-state index contributed by atoms with van der Waals surface area (Å²) in [6.45, 7) is 3.63. The molecule has 1 atom stereocenters. The fourth-order valence-electron chi connectivity index (χ4n) is 2.50. The van der Waals surface area contributed by atoms with Gasteiger partial charge in [-0.2, -0.15) is 0 Å². The first-order valence-corrected chi connectivity index (χ1v) is 8.72. The Balaban J connectivity index is 1.40. The summed E-state index contributed by atoms with van der Waals surface area (Å²) in [7, 11) is 0. The van der Waals surface area contributed by atoms with Crippen molar-refractivity contribution in [3.05, 3.63) is 66.5 Å². The predicted octanol–water partition coefficient (Wildman–Crippen LogP) is 3.00. The lowest BCUT2D eigenvalue weighted by molar-refractivity contribution is 0.171. The third-order valence-electron chi connectivity index (χ3n) is 3.96. The van der Waals surface area contributed by atoms with Gasteiger partial charge in [0.1, 0.15) is 24.3 Å². The number of aliphatic hydroxyl groups is 1. The smallest absolute Gasteiger partial charge is 0.194 e. The van der Waals surface area contributed by atoms with Crippen molar-refractivity contribution in [1.82, 2.24) is 15.3 Å². The van der Waals surface area contributed by atoms with Gasteiger partial charge in [-0.1, -0.05) is 13.0 Å². The third kappa shape index (κ3) is 4.91. The highest BCUT2D eigenvalue weighted by molar-refractivity contribution is 5.58. The average molecular weight is 353 g/mol. The van der Waals surface area contributed by atoms with Crippen LogP contribution in [0.1, 0.15) is 24.5 Å². The molecule has 2 N–H and O–H groups in total. The minimum Gasteiger partial charge on any atom is -0.492 e. The Labute approximate surface area is 152 Å². The van der Waals surface area contributed by atoms with E-state index in [0.29, 0.717) is 19.7 Å². The lowest BCUT2D eigenvalue weighted by Crippen LogP contribution is -2.26. The van der Waals surface area contributed by atoms with Crippen molar-refractivity contribution in [2.75, 3.05) is 19.7 Å². The van der Waals surface area contributed by atoms with Crippen molar-refractivity contribution in [1.29, 1.82) is 0 Å². The molecule has 0 aliphatic heterocycles. The number of nitrogens with one attached hydrogen (secondary N) is 1. The molecule has 0 spiro atoms. The molecular weight excluding hydrogens is 330 g/mol. The molecule has 2 aromatic heterocycles. The minimum absolute atomic E-state index is 0.458. The zero-order valence-corrected chi connectivity index (χ0v) is 14.8. The first-order chi connectivity index (χ1) is 12.8. The Kier molecular flexibility index (Phi) is 6.35. The van der Waals surface area contributed by atoms with E-state index >= 15 is 0 Å². The number of hydrogen-bond acceptors (Lipinski definition) is 6. The molecular formula is C20H23N3O3. The van der Waals surface area contributed by atoms with Crippen LogP contribution in [0.15, 0.2) is 59.5 Å². The molecule has 0 fully saturated rings. The average Bonchev–Trinajstić information content (AvgIpc) is 3.18. The van der Waals surface area contributed by atoms with Crippen molar-refractivity contribution in [2.24, 2.45) is 0 Å². The van der Waals surface area contributed by atoms with E-state index in [2.05, 4.69) is 15.3 Å². The fraction of sp³-hybridized carbons (Fsp3) is 0.300. The molecule has 136 valence electrons. The number of nitrogens with zero attached hydrogens (tertiary/aromatic N) is 2. The zero-order valence-electron chi connectivity index (χ0n) is 14.8. The summed E-state index contributed by atoms with van der Waals surface area (Å²) in [6, 6.07) is 11.4. The van der Waals surface area contributed by atoms with Gasteiger partial charge in [-0.15, -0.1) is 0 Å². The number of aryl methyl sites for hydroxylation is 1. The molecule has 1 aromatic carbocycles. The van der Waals surface area contributed by atoms with Crippen LogP contribution >= 0.6 is 0 Å². The van der Waals surface area contributed by atoms with Crippen LogP contribution in [0.25, 0.3) is 11.3 Å². The van der Waals surface area contributed by atoms with Gasteiger partial charge in [0.15, 0.2) is 5.89 Å². The molecule has 0 aliphatic carbocycles. The van der Waals surface area contributed by atoms with Gasteiger partial charge >= 0.3 is 0 Å². The summed E-state index contributed by atoms with van der Waals surface area (Å²) in [5, 5.41) is 13.2. The lowest BCUT2D eigenvalue weighted by atomic mass is 10.1. The van der Waals surface area contributed by atoms with E-state index in [-0.39, 0.29) is 0 Å². The van der Waals surface area contributed by atoms with Crippen molar-refractivity contribution < 1.29 is 14.3 Å². The molecule has 0 saturated carbocycles. The maximum absolute atomic E-state index is 10.0. The predicted molar refractivity (Wildman–Crippen MR) is 98.9 cm³/mol. The normalized spacial score (nSPS) is 12.1. The maximum Gasteiger partial charge on any atom is 0.194 e. The Hall–Kier alpha value is -2.70. The van der Waals surface area contributed by atoms with Gasteiger partial charge in [0.25, 0.3) is 0 Å². The number of aliphatic hydroxyl groups excluding tert-OH is 1. The van der Waals surface area contributed by atoms with Crippen LogP contribution in [0.2, 0.25) is 0 Å². The van der Waals surface area contributed by atoms with Gasteiger partial charge < -0.3 is 19.6 Å². The highest BCUT2D eigenvalue weighted by Crippen LogP contribution is 2.22. The van der Waals surface area contributed by atoms with Crippen LogP contribution in [0, 0.1) is 0 Å². The quantitative estimate of drug-likeness (QED) is 0.576. The van der Waals surface area contributed by atoms with E-state index in [4.69, 9.17) is 9.15 Å². The van der Waals surface area contributed by atoms with Crippen molar-refractivity contribution in [3.8, 4) is 17.0 Å². The number of hydrogen-bond donors (Lipinski definition) is 2. The van der Waals surface area contributed by atoms with Crippen LogP contribution in [0.5, 0.6) is 5.75 Å². The zero-order chi connectivity index (χ0) is 18.2. The SMILES string of the molecule is CCc1nc(-c2ccc(OCCNC[C@H](O)c3cccnc3)cc2)co1. The van der Waals surface area contributed by atoms with Crippen molar-refractivity contribution in [3.63, 3.8) is 0 Å². The van der Waals surface area contributed by atoms with E-state index in [1.165, 1.54) is 0 Å². The van der Waals surface area contributed by atoms with Gasteiger partial charge in [-0.05, 0) is 30.3 Å². The minimum atomic E-state index is -0.571. The van der Waals surface area contributed by atoms with Gasteiger partial charge in [0, 0.05) is 43.0 Å². The Morgan fingerprint density at radius 2 is 2.08 bits per heavy atom. The molecule has 3 aromatic rings. The summed E-state index contributed by atoms with van der Waals surface area (Å²) in [5.41, 5.74) is 2.63. The molecule has 6 heteroatoms. The molecule has 2 heterocycles. The van der Waals surface area contributed by atoms with Gasteiger partial charge in [-0.25, -0.2) is 4.98 Å². The van der Waals surface area contributed by atoms with E-state index in [9.17, 15) is 5.11 Å². The molecule has 0 aliphatic rings. The fourth-order valence-corrected chi connectivity index (χ4v) is 2.50.